The maximum Gasteiger partial charge on any atom is 0.226 e. The van der Waals surface area contributed by atoms with Gasteiger partial charge in [-0.3, -0.25) is 4.79 Å². The standard InChI is InChI=1S/C19H27NO/c1-19(2,15-17-11-7-4-8-12-17)18(21)20-14-13-16-9-5-3-6-10-16/h4,7-9,11-12H,3,5-6,10,13-15H2,1-2H3,(H,20,21). The van der Waals surface area contributed by atoms with E-state index in [0.717, 1.165) is 19.4 Å². The van der Waals surface area contributed by atoms with Crippen LogP contribution in [0.1, 0.15) is 51.5 Å². The fourth-order valence-corrected chi connectivity index (χ4v) is 2.89. The molecule has 1 aliphatic carbocycles. The van der Waals surface area contributed by atoms with Crippen molar-refractivity contribution in [2.75, 3.05) is 6.54 Å². The molecule has 0 aliphatic heterocycles. The minimum absolute atomic E-state index is 0.155. The van der Waals surface area contributed by atoms with Gasteiger partial charge in [-0.25, -0.2) is 0 Å². The number of hydrogen-bond acceptors (Lipinski definition) is 1. The van der Waals surface area contributed by atoms with Crippen molar-refractivity contribution in [1.29, 1.82) is 0 Å². The third-order valence-corrected chi connectivity index (χ3v) is 4.22. The molecule has 0 unspecified atom stereocenters. The summed E-state index contributed by atoms with van der Waals surface area (Å²) in [6, 6.07) is 10.2. The molecule has 0 radical (unpaired) electrons. The maximum absolute atomic E-state index is 12.4. The molecule has 0 aromatic heterocycles. The zero-order valence-corrected chi connectivity index (χ0v) is 13.3. The molecule has 1 aliphatic rings. The molecule has 114 valence electrons. The van der Waals surface area contributed by atoms with E-state index in [1.165, 1.54) is 36.8 Å². The number of hydrogen-bond donors (Lipinski definition) is 1. The smallest absolute Gasteiger partial charge is 0.226 e. The summed E-state index contributed by atoms with van der Waals surface area (Å²) in [5.41, 5.74) is 2.37. The molecule has 1 amide bonds. The van der Waals surface area contributed by atoms with Gasteiger partial charge in [0.1, 0.15) is 0 Å². The van der Waals surface area contributed by atoms with Gasteiger partial charge in [0.05, 0.1) is 0 Å². The zero-order valence-electron chi connectivity index (χ0n) is 13.3. The fraction of sp³-hybridized carbons (Fsp3) is 0.526. The number of rotatable bonds is 6. The Morgan fingerprint density at radius 3 is 2.62 bits per heavy atom. The van der Waals surface area contributed by atoms with Crippen molar-refractivity contribution in [2.24, 2.45) is 5.41 Å². The molecule has 0 spiro atoms. The highest BCUT2D eigenvalue weighted by Gasteiger charge is 2.27. The Kier molecular flexibility index (Phi) is 5.60. The van der Waals surface area contributed by atoms with E-state index in [2.05, 4.69) is 23.5 Å². The lowest BCUT2D eigenvalue weighted by atomic mass is 9.84. The van der Waals surface area contributed by atoms with Crippen molar-refractivity contribution >= 4 is 5.91 Å². The van der Waals surface area contributed by atoms with Crippen LogP contribution in [0.15, 0.2) is 42.0 Å². The Morgan fingerprint density at radius 2 is 1.95 bits per heavy atom. The predicted octanol–water partition coefficient (Wildman–Crippen LogP) is 4.26. The molecule has 21 heavy (non-hydrogen) atoms. The summed E-state index contributed by atoms with van der Waals surface area (Å²) in [5, 5.41) is 3.11. The molecule has 0 bridgehead atoms. The van der Waals surface area contributed by atoms with E-state index >= 15 is 0 Å². The highest BCUT2D eigenvalue weighted by atomic mass is 16.2. The van der Waals surface area contributed by atoms with Gasteiger partial charge in [-0.15, -0.1) is 0 Å². The largest absolute Gasteiger partial charge is 0.355 e. The number of nitrogens with one attached hydrogen (secondary N) is 1. The average molecular weight is 285 g/mol. The Labute approximate surface area is 128 Å². The maximum atomic E-state index is 12.4. The van der Waals surface area contributed by atoms with Crippen LogP contribution in [-0.4, -0.2) is 12.5 Å². The number of benzene rings is 1. The Balaban J connectivity index is 1.79. The first-order valence-electron chi connectivity index (χ1n) is 8.08. The predicted molar refractivity (Wildman–Crippen MR) is 88.1 cm³/mol. The zero-order chi connectivity index (χ0) is 15.1. The fourth-order valence-electron chi connectivity index (χ4n) is 2.89. The number of carbonyl (C=O) groups is 1. The lowest BCUT2D eigenvalue weighted by Crippen LogP contribution is -2.38. The van der Waals surface area contributed by atoms with Crippen LogP contribution in [0.25, 0.3) is 0 Å². The molecule has 2 heteroatoms. The third kappa shape index (κ3) is 5.04. The molecule has 0 saturated heterocycles. The van der Waals surface area contributed by atoms with Crippen molar-refractivity contribution < 1.29 is 4.79 Å². The SMILES string of the molecule is CC(C)(Cc1ccccc1)C(=O)NCCC1=CCCCC1. The van der Waals surface area contributed by atoms with E-state index in [1.54, 1.807) is 0 Å². The molecule has 0 saturated carbocycles. The van der Waals surface area contributed by atoms with Gasteiger partial charge in [-0.2, -0.15) is 0 Å². The van der Waals surface area contributed by atoms with E-state index in [-0.39, 0.29) is 11.3 Å². The minimum Gasteiger partial charge on any atom is -0.355 e. The minimum atomic E-state index is -0.359. The first-order chi connectivity index (χ1) is 10.1. The Hall–Kier alpha value is -1.57. The van der Waals surface area contributed by atoms with Crippen LogP contribution in [0.5, 0.6) is 0 Å². The van der Waals surface area contributed by atoms with Crippen LogP contribution in [0.3, 0.4) is 0 Å². The van der Waals surface area contributed by atoms with Crippen LogP contribution in [0.4, 0.5) is 0 Å². The Bertz CT molecular complexity index is 488. The lowest BCUT2D eigenvalue weighted by molar-refractivity contribution is -0.129. The summed E-state index contributed by atoms with van der Waals surface area (Å²) >= 11 is 0. The van der Waals surface area contributed by atoms with Crippen molar-refractivity contribution in [2.45, 2.75) is 52.4 Å². The van der Waals surface area contributed by atoms with Crippen LogP contribution in [0.2, 0.25) is 0 Å². The van der Waals surface area contributed by atoms with E-state index < -0.39 is 0 Å². The molecule has 1 aromatic rings. The second kappa shape index (κ2) is 7.44. The first-order valence-corrected chi connectivity index (χ1v) is 8.08. The molecule has 0 atom stereocenters. The first kappa shape index (κ1) is 15.8. The molecule has 2 nitrogen and oxygen atoms in total. The highest BCUT2D eigenvalue weighted by molar-refractivity contribution is 5.82. The lowest BCUT2D eigenvalue weighted by Gasteiger charge is -2.24. The van der Waals surface area contributed by atoms with Crippen molar-refractivity contribution in [3.05, 3.63) is 47.5 Å². The second-order valence-corrected chi connectivity index (χ2v) is 6.66. The van der Waals surface area contributed by atoms with E-state index in [1.807, 2.05) is 32.0 Å². The molecular weight excluding hydrogens is 258 g/mol. The molecule has 1 aromatic carbocycles. The molecule has 2 rings (SSSR count). The molecule has 1 N–H and O–H groups in total. The summed E-state index contributed by atoms with van der Waals surface area (Å²) in [5.74, 6) is 0.155. The second-order valence-electron chi connectivity index (χ2n) is 6.66. The van der Waals surface area contributed by atoms with Crippen LogP contribution in [0, 0.1) is 5.41 Å². The summed E-state index contributed by atoms with van der Waals surface area (Å²) < 4.78 is 0. The average Bonchev–Trinajstić information content (AvgIpc) is 2.49. The molecule has 0 fully saturated rings. The van der Waals surface area contributed by atoms with Gasteiger partial charge in [0.25, 0.3) is 0 Å². The van der Waals surface area contributed by atoms with Crippen molar-refractivity contribution in [3.8, 4) is 0 Å². The highest BCUT2D eigenvalue weighted by Crippen LogP contribution is 2.23. The molecule has 0 heterocycles. The monoisotopic (exact) mass is 285 g/mol. The van der Waals surface area contributed by atoms with E-state index in [0.29, 0.717) is 0 Å². The Morgan fingerprint density at radius 1 is 1.19 bits per heavy atom. The normalized spacial score (nSPS) is 15.4. The van der Waals surface area contributed by atoms with Gasteiger partial charge < -0.3 is 5.32 Å². The van der Waals surface area contributed by atoms with Gasteiger partial charge in [0.15, 0.2) is 0 Å². The van der Waals surface area contributed by atoms with E-state index in [4.69, 9.17) is 0 Å². The third-order valence-electron chi connectivity index (χ3n) is 4.22. The van der Waals surface area contributed by atoms with Gasteiger partial charge in [0, 0.05) is 12.0 Å². The van der Waals surface area contributed by atoms with Gasteiger partial charge in [0.2, 0.25) is 5.91 Å². The van der Waals surface area contributed by atoms with E-state index in [9.17, 15) is 4.79 Å². The number of carbonyl (C=O) groups excluding carboxylic acids is 1. The van der Waals surface area contributed by atoms with Gasteiger partial charge >= 0.3 is 0 Å². The number of amides is 1. The van der Waals surface area contributed by atoms with Crippen molar-refractivity contribution in [1.82, 2.24) is 5.32 Å². The summed E-state index contributed by atoms with van der Waals surface area (Å²) in [7, 11) is 0. The van der Waals surface area contributed by atoms with Crippen LogP contribution in [-0.2, 0) is 11.2 Å². The summed E-state index contributed by atoms with van der Waals surface area (Å²) in [6.45, 7) is 4.81. The van der Waals surface area contributed by atoms with Gasteiger partial charge in [-0.05, 0) is 44.1 Å². The van der Waals surface area contributed by atoms with Gasteiger partial charge in [-0.1, -0.05) is 55.8 Å². The topological polar surface area (TPSA) is 29.1 Å². The van der Waals surface area contributed by atoms with Crippen LogP contribution >= 0.6 is 0 Å². The summed E-state index contributed by atoms with van der Waals surface area (Å²) in [6.07, 6.45) is 9.19. The summed E-state index contributed by atoms with van der Waals surface area (Å²) in [4.78, 5) is 12.4. The number of allylic oxidation sites excluding steroid dienone is 1. The van der Waals surface area contributed by atoms with Crippen LogP contribution < -0.4 is 5.32 Å². The quantitative estimate of drug-likeness (QED) is 0.777. The van der Waals surface area contributed by atoms with Crippen molar-refractivity contribution in [3.63, 3.8) is 0 Å². The molecular formula is C19H27NO.